The lowest BCUT2D eigenvalue weighted by Gasteiger charge is -2.39. The number of Topliss-reactive ketones (excluding diaryl/α,β-unsaturated/α-hetero) is 1. The largest absolute Gasteiger partial charge is 0.489 e. The number of hydrogen-bond acceptors (Lipinski definition) is 6. The zero-order valence-electron chi connectivity index (χ0n) is 28.8. The minimum atomic E-state index is -2.26. The van der Waals surface area contributed by atoms with Gasteiger partial charge in [-0.1, -0.05) is 93.6 Å². The van der Waals surface area contributed by atoms with Crippen molar-refractivity contribution in [1.82, 2.24) is 0 Å². The molecule has 0 saturated heterocycles. The lowest BCUT2D eigenvalue weighted by molar-refractivity contribution is -0.141. The number of esters is 1. The summed E-state index contributed by atoms with van der Waals surface area (Å²) in [6, 6.07) is 31.0. The van der Waals surface area contributed by atoms with E-state index in [0.717, 1.165) is 16.7 Å². The van der Waals surface area contributed by atoms with Crippen LogP contribution in [0.3, 0.4) is 0 Å². The lowest BCUT2D eigenvalue weighted by Crippen LogP contribution is -2.42. The number of rotatable bonds is 16. The quantitative estimate of drug-likeness (QED) is 0.0672. The average Bonchev–Trinajstić information content (AvgIpc) is 3.08. The molecule has 2 atom stereocenters. The number of ketones is 1. The molecule has 8 heteroatoms. The van der Waals surface area contributed by atoms with E-state index in [1.54, 1.807) is 30.3 Å². The molecule has 0 fully saturated rings. The number of ether oxygens (including phenoxy) is 3. The molecule has 254 valence electrons. The Morgan fingerprint density at radius 2 is 1.35 bits per heavy atom. The Bertz CT molecular complexity index is 1620. The molecule has 0 aliphatic carbocycles. The fourth-order valence-corrected chi connectivity index (χ4v) is 6.40. The van der Waals surface area contributed by atoms with E-state index in [1.165, 1.54) is 19.2 Å². The molecule has 0 amide bonds. The first-order chi connectivity index (χ1) is 22.9. The van der Waals surface area contributed by atoms with E-state index in [-0.39, 0.29) is 35.8 Å². The van der Waals surface area contributed by atoms with Crippen LogP contribution in [0.4, 0.5) is 4.39 Å². The maximum Gasteiger partial charge on any atom is 0.306 e. The van der Waals surface area contributed by atoms with Gasteiger partial charge in [-0.15, -0.1) is 0 Å². The zero-order valence-corrected chi connectivity index (χ0v) is 29.8. The van der Waals surface area contributed by atoms with Crippen molar-refractivity contribution in [3.05, 3.63) is 131 Å². The third-order valence-corrected chi connectivity index (χ3v) is 13.5. The van der Waals surface area contributed by atoms with Crippen LogP contribution >= 0.6 is 0 Å². The SMILES string of the molecule is COC(=O)CC(CC[C@H](O[Si](C)(C)C(C)(C)C)c1ccc(F)cc1)C(=O)c1ccc(OCc2ccccc2)cc1OCc1ccccc1. The van der Waals surface area contributed by atoms with Crippen LogP contribution in [0.25, 0.3) is 0 Å². The molecule has 0 heterocycles. The number of carbonyl (C=O) groups excluding carboxylic acids is 2. The van der Waals surface area contributed by atoms with Gasteiger partial charge in [0.15, 0.2) is 14.1 Å². The van der Waals surface area contributed by atoms with Gasteiger partial charge in [0.05, 0.1) is 25.2 Å². The monoisotopic (exact) mass is 670 g/mol. The van der Waals surface area contributed by atoms with Crippen LogP contribution in [0.15, 0.2) is 103 Å². The molecule has 0 aliphatic rings. The molecule has 0 N–H and O–H groups in total. The van der Waals surface area contributed by atoms with E-state index in [4.69, 9.17) is 18.6 Å². The average molecular weight is 671 g/mol. The van der Waals surface area contributed by atoms with Gasteiger partial charge in [0.25, 0.3) is 0 Å². The van der Waals surface area contributed by atoms with E-state index in [2.05, 4.69) is 33.9 Å². The van der Waals surface area contributed by atoms with Crippen LogP contribution in [-0.4, -0.2) is 27.2 Å². The lowest BCUT2D eigenvalue weighted by atomic mass is 9.88. The van der Waals surface area contributed by atoms with E-state index in [1.807, 2.05) is 60.7 Å². The van der Waals surface area contributed by atoms with Crippen LogP contribution in [0, 0.1) is 11.7 Å². The second kappa shape index (κ2) is 16.7. The van der Waals surface area contributed by atoms with Gasteiger partial charge >= 0.3 is 5.97 Å². The van der Waals surface area contributed by atoms with E-state index < -0.39 is 20.2 Å². The van der Waals surface area contributed by atoms with Gasteiger partial charge in [-0.05, 0) is 71.9 Å². The highest BCUT2D eigenvalue weighted by Gasteiger charge is 2.40. The normalized spacial score (nSPS) is 13.0. The van der Waals surface area contributed by atoms with Crippen molar-refractivity contribution in [3.8, 4) is 11.5 Å². The fourth-order valence-electron chi connectivity index (χ4n) is 5.08. The summed E-state index contributed by atoms with van der Waals surface area (Å²) < 4.78 is 38.1. The van der Waals surface area contributed by atoms with Gasteiger partial charge < -0.3 is 18.6 Å². The minimum Gasteiger partial charge on any atom is -0.489 e. The van der Waals surface area contributed by atoms with E-state index in [0.29, 0.717) is 36.5 Å². The molecule has 0 saturated carbocycles. The van der Waals surface area contributed by atoms with Gasteiger partial charge in [0.2, 0.25) is 0 Å². The van der Waals surface area contributed by atoms with Crippen LogP contribution < -0.4 is 9.47 Å². The van der Waals surface area contributed by atoms with Crippen molar-refractivity contribution >= 4 is 20.1 Å². The number of carbonyl (C=O) groups is 2. The van der Waals surface area contributed by atoms with Crippen molar-refractivity contribution in [2.75, 3.05) is 7.11 Å². The maximum atomic E-state index is 14.3. The number of methoxy groups -OCH3 is 1. The van der Waals surface area contributed by atoms with Gasteiger partial charge in [-0.25, -0.2) is 4.39 Å². The summed E-state index contributed by atoms with van der Waals surface area (Å²) in [6.07, 6.45) is 0.302. The molecule has 4 aromatic rings. The summed E-state index contributed by atoms with van der Waals surface area (Å²) in [5.74, 6) is -0.824. The molecule has 6 nitrogen and oxygen atoms in total. The zero-order chi connectivity index (χ0) is 34.7. The molecule has 0 bridgehead atoms. The highest BCUT2D eigenvalue weighted by molar-refractivity contribution is 6.74. The minimum absolute atomic E-state index is 0.0676. The molecule has 48 heavy (non-hydrogen) atoms. The number of hydrogen-bond donors (Lipinski definition) is 0. The van der Waals surface area contributed by atoms with Crippen molar-refractivity contribution in [3.63, 3.8) is 0 Å². The Hall–Kier alpha value is -4.27. The van der Waals surface area contributed by atoms with Crippen LogP contribution in [0.2, 0.25) is 18.1 Å². The third-order valence-electron chi connectivity index (χ3n) is 8.98. The summed E-state index contributed by atoms with van der Waals surface area (Å²) in [6.45, 7) is 11.4. The van der Waals surface area contributed by atoms with Gasteiger partial charge in [0.1, 0.15) is 30.5 Å². The maximum absolute atomic E-state index is 14.3. The van der Waals surface area contributed by atoms with Crippen LogP contribution in [0.1, 0.15) is 73.2 Å². The number of benzene rings is 4. The Morgan fingerprint density at radius 3 is 1.92 bits per heavy atom. The fraction of sp³-hybridized carbons (Fsp3) is 0.350. The van der Waals surface area contributed by atoms with Crippen molar-refractivity contribution in [2.45, 2.75) is 77.5 Å². The Labute approximate surface area is 285 Å². The first-order valence-corrected chi connectivity index (χ1v) is 19.3. The Morgan fingerprint density at radius 1 is 0.771 bits per heavy atom. The van der Waals surface area contributed by atoms with E-state index >= 15 is 0 Å². The molecule has 4 rings (SSSR count). The smallest absolute Gasteiger partial charge is 0.306 e. The van der Waals surface area contributed by atoms with Crippen molar-refractivity contribution in [1.29, 1.82) is 0 Å². The predicted molar refractivity (Wildman–Crippen MR) is 189 cm³/mol. The predicted octanol–water partition coefficient (Wildman–Crippen LogP) is 9.89. The summed E-state index contributed by atoms with van der Waals surface area (Å²) in [7, 11) is -0.943. The van der Waals surface area contributed by atoms with Gasteiger partial charge in [-0.3, -0.25) is 9.59 Å². The molecule has 0 aromatic heterocycles. The summed E-state index contributed by atoms with van der Waals surface area (Å²) >= 11 is 0. The Kier molecular flexibility index (Phi) is 12.7. The molecule has 0 spiro atoms. The number of halogens is 1. The molecular formula is C40H47FO6Si. The van der Waals surface area contributed by atoms with Gasteiger partial charge in [0, 0.05) is 12.0 Å². The second-order valence-electron chi connectivity index (χ2n) is 13.5. The molecule has 0 radical (unpaired) electrons. The first kappa shape index (κ1) is 36.6. The van der Waals surface area contributed by atoms with Gasteiger partial charge in [-0.2, -0.15) is 0 Å². The topological polar surface area (TPSA) is 71.1 Å². The molecular weight excluding hydrogens is 624 g/mol. The Balaban J connectivity index is 1.63. The molecule has 1 unspecified atom stereocenters. The molecule has 0 aliphatic heterocycles. The molecule has 4 aromatic carbocycles. The highest BCUT2D eigenvalue weighted by atomic mass is 28.4. The van der Waals surface area contributed by atoms with E-state index in [9.17, 15) is 14.0 Å². The second-order valence-corrected chi connectivity index (χ2v) is 18.3. The summed E-state index contributed by atoms with van der Waals surface area (Å²) in [5, 5.41) is -0.0676. The van der Waals surface area contributed by atoms with Crippen molar-refractivity contribution < 1.29 is 32.6 Å². The first-order valence-electron chi connectivity index (χ1n) is 16.4. The highest BCUT2D eigenvalue weighted by Crippen LogP contribution is 2.41. The summed E-state index contributed by atoms with van der Waals surface area (Å²) in [5.41, 5.74) is 3.15. The van der Waals surface area contributed by atoms with Crippen LogP contribution in [0.5, 0.6) is 11.5 Å². The summed E-state index contributed by atoms with van der Waals surface area (Å²) in [4.78, 5) is 27.0. The third kappa shape index (κ3) is 10.4. The standard InChI is InChI=1S/C40H47FO6Si/c1-40(2,3)48(5,6)47-36(31-17-20-33(41)21-18-31)24-19-32(25-38(42)44-4)39(43)35-23-22-34(45-27-29-13-9-7-10-14-29)26-37(35)46-28-30-15-11-8-12-16-30/h7-18,20-23,26,32,36H,19,24-25,27-28H2,1-6H3/t32?,36-/m0/s1. The van der Waals surface area contributed by atoms with Crippen molar-refractivity contribution in [2.24, 2.45) is 5.92 Å². The van der Waals surface area contributed by atoms with Crippen LogP contribution in [-0.2, 0) is 27.2 Å².